The molecule has 0 atom stereocenters. The van der Waals surface area contributed by atoms with Crippen molar-refractivity contribution in [2.24, 2.45) is 7.05 Å². The zero-order valence-corrected chi connectivity index (χ0v) is 18.1. The quantitative estimate of drug-likeness (QED) is 0.446. The molecule has 1 aliphatic heterocycles. The Balaban J connectivity index is 1.28. The molecule has 0 saturated carbocycles. The van der Waals surface area contributed by atoms with Gasteiger partial charge in [0.2, 0.25) is 0 Å². The summed E-state index contributed by atoms with van der Waals surface area (Å²) in [4.78, 5) is 18.8. The zero-order valence-electron chi connectivity index (χ0n) is 17.3. The third-order valence-corrected chi connectivity index (χ3v) is 6.76. The van der Waals surface area contributed by atoms with Crippen molar-refractivity contribution in [2.45, 2.75) is 18.8 Å². The molecule has 2 aromatic carbocycles. The fraction of sp³-hybridized carbons (Fsp3) is 0.240. The van der Waals surface area contributed by atoms with E-state index < -0.39 is 0 Å². The molecule has 1 saturated heterocycles. The van der Waals surface area contributed by atoms with Crippen molar-refractivity contribution in [1.82, 2.24) is 19.7 Å². The van der Waals surface area contributed by atoms with Crippen LogP contribution in [0.4, 0.5) is 0 Å². The van der Waals surface area contributed by atoms with Crippen LogP contribution in [0.5, 0.6) is 0 Å². The highest BCUT2D eigenvalue weighted by atomic mass is 32.1. The second-order valence-corrected chi connectivity index (χ2v) is 8.77. The summed E-state index contributed by atoms with van der Waals surface area (Å²) in [5, 5.41) is 7.99. The van der Waals surface area contributed by atoms with E-state index in [-0.39, 0.29) is 5.91 Å². The number of hydrogen-bond donors (Lipinski definition) is 0. The largest absolute Gasteiger partial charge is 0.337 e. The number of likely N-dealkylation sites (tertiary alicyclic amines) is 1. The van der Waals surface area contributed by atoms with E-state index in [0.29, 0.717) is 16.6 Å². The number of nitrogens with zero attached hydrogens (tertiary/aromatic N) is 4. The summed E-state index contributed by atoms with van der Waals surface area (Å²) < 4.78 is 1.86. The van der Waals surface area contributed by atoms with Gasteiger partial charge in [0.15, 0.2) is 5.01 Å². The maximum Gasteiger partial charge on any atom is 0.273 e. The van der Waals surface area contributed by atoms with Gasteiger partial charge >= 0.3 is 0 Å². The van der Waals surface area contributed by atoms with Crippen LogP contribution in [0.3, 0.4) is 0 Å². The molecule has 2 aromatic heterocycles. The topological polar surface area (TPSA) is 51.0 Å². The van der Waals surface area contributed by atoms with Crippen molar-refractivity contribution in [3.8, 4) is 23.5 Å². The van der Waals surface area contributed by atoms with Gasteiger partial charge in [-0.1, -0.05) is 36.4 Å². The SMILES string of the molecule is C#Cc1nc(C(=O)N2CCC(c3ccc(-c4cccc5nn(C)cc45)cc3)CC2)cs1. The fourth-order valence-electron chi connectivity index (χ4n) is 4.36. The van der Waals surface area contributed by atoms with Crippen molar-refractivity contribution in [1.29, 1.82) is 0 Å². The van der Waals surface area contributed by atoms with Crippen LogP contribution < -0.4 is 0 Å². The van der Waals surface area contributed by atoms with E-state index in [9.17, 15) is 4.79 Å². The number of aryl methyl sites for hydroxylation is 1. The predicted molar refractivity (Wildman–Crippen MR) is 124 cm³/mol. The van der Waals surface area contributed by atoms with Crippen molar-refractivity contribution < 1.29 is 4.79 Å². The second-order valence-electron chi connectivity index (χ2n) is 7.91. The van der Waals surface area contributed by atoms with Crippen LogP contribution in [0.25, 0.3) is 22.0 Å². The predicted octanol–water partition coefficient (Wildman–Crippen LogP) is 4.70. The molecule has 0 radical (unpaired) electrons. The molecule has 6 heteroatoms. The van der Waals surface area contributed by atoms with Gasteiger partial charge in [-0.3, -0.25) is 9.48 Å². The zero-order chi connectivity index (χ0) is 21.4. The maximum atomic E-state index is 12.7. The highest BCUT2D eigenvalue weighted by molar-refractivity contribution is 7.10. The minimum Gasteiger partial charge on any atom is -0.337 e. The number of carbonyl (C=O) groups excluding carboxylic acids is 1. The molecule has 1 aliphatic rings. The van der Waals surface area contributed by atoms with Crippen molar-refractivity contribution in [3.63, 3.8) is 0 Å². The summed E-state index contributed by atoms with van der Waals surface area (Å²) in [5.41, 5.74) is 5.20. The average Bonchev–Trinajstić information content (AvgIpc) is 3.44. The lowest BCUT2D eigenvalue weighted by molar-refractivity contribution is 0.0708. The molecular weight excluding hydrogens is 404 g/mol. The summed E-state index contributed by atoms with van der Waals surface area (Å²) >= 11 is 1.34. The number of fused-ring (bicyclic) bond motifs is 1. The van der Waals surface area contributed by atoms with Crippen LogP contribution in [-0.4, -0.2) is 38.7 Å². The van der Waals surface area contributed by atoms with Crippen LogP contribution in [0.15, 0.2) is 54.0 Å². The van der Waals surface area contributed by atoms with Gasteiger partial charge in [-0.2, -0.15) is 5.10 Å². The van der Waals surface area contributed by atoms with Gasteiger partial charge in [0, 0.05) is 37.1 Å². The standard InChI is InChI=1S/C25H22N4OS/c1-3-24-26-23(16-31-24)25(30)29-13-11-18(12-14-29)17-7-9-19(10-8-17)20-5-4-6-22-21(20)15-28(2)27-22/h1,4-10,15-16,18H,11-14H2,2H3. The highest BCUT2D eigenvalue weighted by Gasteiger charge is 2.26. The Labute approximate surface area is 185 Å². The van der Waals surface area contributed by atoms with Gasteiger partial charge in [-0.05, 0) is 47.4 Å². The monoisotopic (exact) mass is 426 g/mol. The Kier molecular flexibility index (Phi) is 5.05. The number of terminal acetylenes is 1. The van der Waals surface area contributed by atoms with Crippen LogP contribution in [0, 0.1) is 12.3 Å². The molecule has 0 spiro atoms. The lowest BCUT2D eigenvalue weighted by atomic mass is 9.88. The van der Waals surface area contributed by atoms with E-state index in [2.05, 4.69) is 58.6 Å². The number of hydrogen-bond acceptors (Lipinski definition) is 4. The Morgan fingerprint density at radius 1 is 1.16 bits per heavy atom. The lowest BCUT2D eigenvalue weighted by Gasteiger charge is -2.32. The van der Waals surface area contributed by atoms with E-state index >= 15 is 0 Å². The van der Waals surface area contributed by atoms with Crippen LogP contribution in [0.2, 0.25) is 0 Å². The van der Waals surface area contributed by atoms with Crippen molar-refractivity contribution in [2.75, 3.05) is 13.1 Å². The first-order valence-electron chi connectivity index (χ1n) is 10.4. The van der Waals surface area contributed by atoms with E-state index in [1.165, 1.54) is 33.4 Å². The number of thiazole rings is 1. The summed E-state index contributed by atoms with van der Waals surface area (Å²) in [5.74, 6) is 2.94. The Morgan fingerprint density at radius 3 is 2.65 bits per heavy atom. The minimum absolute atomic E-state index is 0.0175. The molecule has 5 nitrogen and oxygen atoms in total. The average molecular weight is 427 g/mol. The first-order valence-corrected chi connectivity index (χ1v) is 11.2. The van der Waals surface area contributed by atoms with E-state index in [0.717, 1.165) is 31.4 Å². The van der Waals surface area contributed by atoms with Gasteiger partial charge in [-0.15, -0.1) is 17.8 Å². The van der Waals surface area contributed by atoms with Gasteiger partial charge < -0.3 is 4.90 Å². The second kappa shape index (κ2) is 8.01. The first kappa shape index (κ1) is 19.5. The molecule has 154 valence electrons. The Bertz CT molecular complexity index is 1290. The molecule has 1 fully saturated rings. The smallest absolute Gasteiger partial charge is 0.273 e. The number of carbonyl (C=O) groups is 1. The number of aromatic nitrogens is 3. The maximum absolute atomic E-state index is 12.7. The normalized spacial score (nSPS) is 14.6. The number of piperidine rings is 1. The van der Waals surface area contributed by atoms with Gasteiger partial charge in [0.1, 0.15) is 5.69 Å². The Morgan fingerprint density at radius 2 is 1.94 bits per heavy atom. The summed E-state index contributed by atoms with van der Waals surface area (Å²) in [7, 11) is 1.95. The van der Waals surface area contributed by atoms with Crippen molar-refractivity contribution >= 4 is 28.1 Å². The third-order valence-electron chi connectivity index (χ3n) is 5.99. The molecule has 5 rings (SSSR count). The molecule has 0 unspecified atom stereocenters. The first-order chi connectivity index (χ1) is 15.1. The molecule has 1 amide bonds. The van der Waals surface area contributed by atoms with Crippen LogP contribution >= 0.6 is 11.3 Å². The number of rotatable bonds is 3. The summed E-state index contributed by atoms with van der Waals surface area (Å²) in [6.07, 6.45) is 9.35. The van der Waals surface area contributed by atoms with Gasteiger partial charge in [0.25, 0.3) is 5.91 Å². The number of amides is 1. The highest BCUT2D eigenvalue weighted by Crippen LogP contribution is 2.32. The van der Waals surface area contributed by atoms with Gasteiger partial charge in [0.05, 0.1) is 5.52 Å². The summed E-state index contributed by atoms with van der Waals surface area (Å²) in [6, 6.07) is 15.1. The third kappa shape index (κ3) is 3.73. The lowest BCUT2D eigenvalue weighted by Crippen LogP contribution is -2.38. The molecule has 0 N–H and O–H groups in total. The Hall–Kier alpha value is -3.43. The van der Waals surface area contributed by atoms with E-state index in [1.807, 2.05) is 22.7 Å². The molecule has 3 heterocycles. The molecule has 31 heavy (non-hydrogen) atoms. The number of benzene rings is 2. The van der Waals surface area contributed by atoms with E-state index in [1.54, 1.807) is 5.38 Å². The molecule has 0 bridgehead atoms. The summed E-state index contributed by atoms with van der Waals surface area (Å²) in [6.45, 7) is 1.48. The van der Waals surface area contributed by atoms with E-state index in [4.69, 9.17) is 6.42 Å². The van der Waals surface area contributed by atoms with Crippen molar-refractivity contribution in [3.05, 3.63) is 70.3 Å². The fourth-order valence-corrected chi connectivity index (χ4v) is 4.96. The molecule has 4 aromatic rings. The van der Waals surface area contributed by atoms with Gasteiger partial charge in [-0.25, -0.2) is 4.98 Å². The minimum atomic E-state index is -0.0175. The molecule has 0 aliphatic carbocycles. The van der Waals surface area contributed by atoms with Crippen LogP contribution in [-0.2, 0) is 7.05 Å². The molecular formula is C25H22N4OS. The van der Waals surface area contributed by atoms with Crippen LogP contribution in [0.1, 0.15) is 39.8 Å².